The highest BCUT2D eigenvalue weighted by Gasteiger charge is 2.42. The van der Waals surface area contributed by atoms with Crippen molar-refractivity contribution >= 4 is 28.6 Å². The van der Waals surface area contributed by atoms with Crippen molar-refractivity contribution in [2.75, 3.05) is 20.2 Å². The van der Waals surface area contributed by atoms with Crippen LogP contribution in [0.4, 0.5) is 0 Å². The number of benzene rings is 2. The Bertz CT molecular complexity index is 981. The highest BCUT2D eigenvalue weighted by atomic mass is 16.5. The van der Waals surface area contributed by atoms with Gasteiger partial charge in [-0.2, -0.15) is 0 Å². The Kier molecular flexibility index (Phi) is 6.77. The largest absolute Gasteiger partial charge is 0.467 e. The van der Waals surface area contributed by atoms with E-state index in [1.807, 2.05) is 47.4 Å². The third kappa shape index (κ3) is 4.50. The van der Waals surface area contributed by atoms with Crippen molar-refractivity contribution < 1.29 is 19.1 Å². The van der Waals surface area contributed by atoms with Crippen molar-refractivity contribution in [1.29, 1.82) is 0 Å². The highest BCUT2D eigenvalue weighted by Crippen LogP contribution is 2.30. The van der Waals surface area contributed by atoms with E-state index in [1.54, 1.807) is 0 Å². The van der Waals surface area contributed by atoms with Crippen LogP contribution in [0.1, 0.15) is 61.7 Å². The number of carbonyl (C=O) groups excluding carboxylic acids is 3. The molecule has 1 aliphatic carbocycles. The van der Waals surface area contributed by atoms with E-state index in [2.05, 4.69) is 5.32 Å². The number of hydrogen-bond acceptors (Lipinski definition) is 4. The fourth-order valence-electron chi connectivity index (χ4n) is 5.17. The number of nitrogens with one attached hydrogen (secondary N) is 1. The molecule has 2 fully saturated rings. The summed E-state index contributed by atoms with van der Waals surface area (Å²) in [4.78, 5) is 40.7. The van der Waals surface area contributed by atoms with Crippen LogP contribution < -0.4 is 5.32 Å². The number of amides is 2. The third-order valence-electron chi connectivity index (χ3n) is 7.07. The van der Waals surface area contributed by atoms with Crippen LogP contribution in [0, 0.1) is 5.92 Å². The van der Waals surface area contributed by atoms with Crippen LogP contribution in [0.2, 0.25) is 0 Å². The number of fused-ring (bicyclic) bond motifs is 1. The smallest absolute Gasteiger partial charge is 0.331 e. The van der Waals surface area contributed by atoms with Gasteiger partial charge >= 0.3 is 5.97 Å². The van der Waals surface area contributed by atoms with Gasteiger partial charge in [0.15, 0.2) is 0 Å². The molecule has 2 aromatic rings. The van der Waals surface area contributed by atoms with Crippen molar-refractivity contribution in [2.45, 2.75) is 56.9 Å². The molecule has 32 heavy (non-hydrogen) atoms. The summed E-state index contributed by atoms with van der Waals surface area (Å²) in [5.74, 6) is -0.613. The predicted molar refractivity (Wildman–Crippen MR) is 123 cm³/mol. The molecule has 0 atom stereocenters. The van der Waals surface area contributed by atoms with Gasteiger partial charge in [-0.3, -0.25) is 9.59 Å². The summed E-state index contributed by atoms with van der Waals surface area (Å²) < 4.78 is 5.06. The number of nitrogens with zero attached hydrogens (tertiary/aromatic N) is 1. The first-order valence-corrected chi connectivity index (χ1v) is 11.7. The molecule has 1 heterocycles. The van der Waals surface area contributed by atoms with Gasteiger partial charge in [-0.25, -0.2) is 4.79 Å². The lowest BCUT2D eigenvalue weighted by Gasteiger charge is -2.35. The Hall–Kier alpha value is -2.89. The Morgan fingerprint density at radius 3 is 2.28 bits per heavy atom. The Morgan fingerprint density at radius 1 is 0.938 bits per heavy atom. The second-order valence-corrected chi connectivity index (χ2v) is 9.07. The monoisotopic (exact) mass is 436 g/mol. The second kappa shape index (κ2) is 9.72. The normalized spacial score (nSPS) is 19.2. The zero-order chi connectivity index (χ0) is 22.6. The van der Waals surface area contributed by atoms with E-state index in [0.717, 1.165) is 36.5 Å². The van der Waals surface area contributed by atoms with Crippen LogP contribution >= 0.6 is 0 Å². The summed E-state index contributed by atoms with van der Waals surface area (Å²) >= 11 is 0. The molecule has 0 spiro atoms. The summed E-state index contributed by atoms with van der Waals surface area (Å²) in [7, 11) is 1.39. The van der Waals surface area contributed by atoms with Crippen LogP contribution in [-0.2, 0) is 14.3 Å². The molecule has 0 unspecified atom stereocenters. The average Bonchev–Trinajstić information content (AvgIpc) is 3.09. The van der Waals surface area contributed by atoms with Gasteiger partial charge in [0.2, 0.25) is 5.91 Å². The maximum Gasteiger partial charge on any atom is 0.331 e. The maximum absolute atomic E-state index is 13.2. The van der Waals surface area contributed by atoms with Gasteiger partial charge in [-0.05, 0) is 42.5 Å². The van der Waals surface area contributed by atoms with E-state index in [9.17, 15) is 14.4 Å². The number of carbonyl (C=O) groups is 3. The summed E-state index contributed by atoms with van der Waals surface area (Å²) in [5.41, 5.74) is -0.202. The number of methoxy groups -OCH3 is 1. The van der Waals surface area contributed by atoms with Crippen LogP contribution in [0.5, 0.6) is 0 Å². The minimum Gasteiger partial charge on any atom is -0.467 e. The molecule has 170 valence electrons. The van der Waals surface area contributed by atoms with E-state index in [1.165, 1.54) is 7.11 Å². The zero-order valence-electron chi connectivity index (χ0n) is 18.8. The van der Waals surface area contributed by atoms with E-state index < -0.39 is 5.54 Å². The Morgan fingerprint density at radius 2 is 1.59 bits per heavy atom. The molecule has 1 N–H and O–H groups in total. The summed E-state index contributed by atoms with van der Waals surface area (Å²) in [6.45, 7) is 1.07. The van der Waals surface area contributed by atoms with Crippen molar-refractivity contribution in [3.05, 3.63) is 48.0 Å². The fraction of sp³-hybridized carbons (Fsp3) is 0.500. The molecule has 1 saturated heterocycles. The van der Waals surface area contributed by atoms with Gasteiger partial charge in [0.25, 0.3) is 5.91 Å². The Labute approximate surface area is 189 Å². The second-order valence-electron chi connectivity index (χ2n) is 9.07. The minimum absolute atomic E-state index is 0.00968. The molecule has 2 aromatic carbocycles. The summed E-state index contributed by atoms with van der Waals surface area (Å²) in [6, 6.07) is 13.7. The topological polar surface area (TPSA) is 75.7 Å². The van der Waals surface area contributed by atoms with Gasteiger partial charge in [-0.15, -0.1) is 0 Å². The van der Waals surface area contributed by atoms with Gasteiger partial charge in [0.1, 0.15) is 5.54 Å². The fourth-order valence-corrected chi connectivity index (χ4v) is 5.17. The molecule has 1 saturated carbocycles. The lowest BCUT2D eigenvalue weighted by molar-refractivity contribution is -0.152. The molecule has 1 aliphatic heterocycles. The van der Waals surface area contributed by atoms with Crippen LogP contribution in [0.15, 0.2) is 42.5 Å². The molecule has 2 aliphatic rings. The van der Waals surface area contributed by atoms with E-state index in [-0.39, 0.29) is 23.7 Å². The van der Waals surface area contributed by atoms with E-state index >= 15 is 0 Å². The predicted octanol–water partition coefficient (Wildman–Crippen LogP) is 4.07. The molecule has 4 rings (SSSR count). The van der Waals surface area contributed by atoms with Gasteiger partial charge in [0, 0.05) is 24.6 Å². The number of rotatable bonds is 4. The summed E-state index contributed by atoms with van der Waals surface area (Å²) in [5, 5.41) is 5.07. The van der Waals surface area contributed by atoms with Crippen molar-refractivity contribution in [1.82, 2.24) is 10.2 Å². The van der Waals surface area contributed by atoms with Crippen LogP contribution in [0.25, 0.3) is 10.8 Å². The first-order chi connectivity index (χ1) is 15.5. The minimum atomic E-state index is -0.905. The quantitative estimate of drug-likeness (QED) is 0.579. The molecule has 2 amide bonds. The average molecular weight is 437 g/mol. The molecule has 6 nitrogen and oxygen atoms in total. The van der Waals surface area contributed by atoms with E-state index in [4.69, 9.17) is 4.74 Å². The van der Waals surface area contributed by atoms with E-state index in [0.29, 0.717) is 44.3 Å². The Balaban J connectivity index is 1.41. The highest BCUT2D eigenvalue weighted by molar-refractivity contribution is 6.07. The molecule has 0 bridgehead atoms. The van der Waals surface area contributed by atoms with Crippen molar-refractivity contribution in [3.63, 3.8) is 0 Å². The van der Waals surface area contributed by atoms with Gasteiger partial charge < -0.3 is 15.0 Å². The number of likely N-dealkylation sites (tertiary alicyclic amines) is 1. The van der Waals surface area contributed by atoms with Crippen LogP contribution in [0.3, 0.4) is 0 Å². The number of esters is 1. The van der Waals surface area contributed by atoms with Crippen LogP contribution in [-0.4, -0.2) is 48.4 Å². The van der Waals surface area contributed by atoms with Crippen molar-refractivity contribution in [3.8, 4) is 0 Å². The molecular formula is C26H32N2O4. The van der Waals surface area contributed by atoms with Gasteiger partial charge in [-0.1, -0.05) is 62.1 Å². The molecule has 0 aromatic heterocycles. The molecule has 6 heteroatoms. The number of ether oxygens (including phenoxy) is 1. The number of hydrogen-bond donors (Lipinski definition) is 1. The zero-order valence-corrected chi connectivity index (χ0v) is 18.8. The van der Waals surface area contributed by atoms with Gasteiger partial charge in [0.05, 0.1) is 7.11 Å². The SMILES string of the molecule is COC(=O)C1(NC(=O)C2CCN(C(=O)c3cccc4ccccc34)CC2)CCCCCC1. The third-order valence-corrected chi connectivity index (χ3v) is 7.07. The standard InChI is InChI=1S/C26H32N2O4/c1-32-25(31)26(15-6-2-3-7-16-26)27-23(29)20-13-17-28(18-14-20)24(30)22-12-8-10-19-9-4-5-11-21(19)22/h4-5,8-12,20H,2-3,6-7,13-18H2,1H3,(H,27,29). The van der Waals surface area contributed by atoms with Crippen molar-refractivity contribution in [2.24, 2.45) is 5.92 Å². The number of piperidine rings is 1. The lowest BCUT2D eigenvalue weighted by Crippen LogP contribution is -2.57. The molecule has 0 radical (unpaired) electrons. The summed E-state index contributed by atoms with van der Waals surface area (Å²) in [6.07, 6.45) is 6.42. The first kappa shape index (κ1) is 22.3. The lowest BCUT2D eigenvalue weighted by atomic mass is 9.87. The maximum atomic E-state index is 13.2. The first-order valence-electron chi connectivity index (χ1n) is 11.7. The molecular weight excluding hydrogens is 404 g/mol.